The SMILES string of the molecule is Cc1cnccc1-c1nccc(COc2ccccc2C[C@@H](Oc2ncnc3sc(-c4ccc(F)cc4)c(-c4ccc(OCCN5CCN(C)CC5)c(Cl)c4C)c23)C(=O)O)n1. The Morgan fingerprint density at radius 2 is 1.72 bits per heavy atom. The number of hydrogen-bond donors (Lipinski definition) is 1. The Bertz CT molecular complexity index is 2680. The molecular formula is C46H43ClFN7O5S. The summed E-state index contributed by atoms with van der Waals surface area (Å²) in [4.78, 5) is 41.4. The van der Waals surface area contributed by atoms with Crippen molar-refractivity contribution in [1.29, 1.82) is 0 Å². The number of benzene rings is 3. The van der Waals surface area contributed by atoms with Crippen molar-refractivity contribution in [2.24, 2.45) is 0 Å². The molecule has 0 aliphatic carbocycles. The van der Waals surface area contributed by atoms with Crippen LogP contribution in [0.15, 0.2) is 97.7 Å². The molecule has 8 rings (SSSR count). The van der Waals surface area contributed by atoms with Crippen LogP contribution in [0.5, 0.6) is 17.4 Å². The number of hydrogen-bond acceptors (Lipinski definition) is 12. The first kappa shape index (κ1) is 41.7. The van der Waals surface area contributed by atoms with Gasteiger partial charge in [0.1, 0.15) is 41.7 Å². The molecule has 7 aromatic rings. The fraction of sp³-hybridized carbons (Fsp3) is 0.261. The van der Waals surface area contributed by atoms with Gasteiger partial charge in [0.25, 0.3) is 0 Å². The van der Waals surface area contributed by atoms with Gasteiger partial charge < -0.3 is 24.2 Å². The summed E-state index contributed by atoms with van der Waals surface area (Å²) < 4.78 is 33.0. The van der Waals surface area contributed by atoms with Crippen LogP contribution >= 0.6 is 22.9 Å². The molecule has 0 amide bonds. The van der Waals surface area contributed by atoms with Crippen LogP contribution in [0.2, 0.25) is 5.02 Å². The Hall–Kier alpha value is -6.06. The molecule has 1 saturated heterocycles. The predicted octanol–water partition coefficient (Wildman–Crippen LogP) is 8.57. The summed E-state index contributed by atoms with van der Waals surface area (Å²) in [5, 5.41) is 11.6. The number of fused-ring (bicyclic) bond motifs is 1. The van der Waals surface area contributed by atoms with E-state index >= 15 is 0 Å². The molecule has 0 unspecified atom stereocenters. The van der Waals surface area contributed by atoms with E-state index in [1.165, 1.54) is 29.8 Å². The maximum atomic E-state index is 14.2. The Labute approximate surface area is 361 Å². The molecule has 0 saturated carbocycles. The number of thiophene rings is 1. The highest BCUT2D eigenvalue weighted by atomic mass is 35.5. The third-order valence-electron chi connectivity index (χ3n) is 10.7. The second-order valence-corrected chi connectivity index (χ2v) is 16.2. The van der Waals surface area contributed by atoms with Crippen molar-refractivity contribution in [3.8, 4) is 50.3 Å². The molecule has 3 aromatic carbocycles. The number of aliphatic carboxylic acids is 1. The summed E-state index contributed by atoms with van der Waals surface area (Å²) in [6, 6.07) is 20.8. The summed E-state index contributed by atoms with van der Waals surface area (Å²) in [6.45, 7) is 9.24. The number of aryl methyl sites for hydroxylation is 1. The van der Waals surface area contributed by atoms with E-state index in [4.69, 9.17) is 30.8 Å². The molecule has 1 aliphatic rings. The lowest BCUT2D eigenvalue weighted by Crippen LogP contribution is -2.45. The van der Waals surface area contributed by atoms with Crippen LogP contribution in [0.3, 0.4) is 0 Å². The minimum absolute atomic E-state index is 0.0441. The zero-order chi connectivity index (χ0) is 42.5. The minimum Gasteiger partial charge on any atom is -0.491 e. The summed E-state index contributed by atoms with van der Waals surface area (Å²) >= 11 is 8.42. The quantitative estimate of drug-likeness (QED) is 0.106. The topological polar surface area (TPSA) is 136 Å². The van der Waals surface area contributed by atoms with Gasteiger partial charge in [-0.2, -0.15) is 0 Å². The van der Waals surface area contributed by atoms with E-state index in [-0.39, 0.29) is 24.7 Å². The molecule has 4 aromatic heterocycles. The average Bonchev–Trinajstić information content (AvgIpc) is 3.66. The van der Waals surface area contributed by atoms with Crippen molar-refractivity contribution in [1.82, 2.24) is 34.7 Å². The van der Waals surface area contributed by atoms with Crippen molar-refractivity contribution in [3.63, 3.8) is 0 Å². The number of pyridine rings is 1. The van der Waals surface area contributed by atoms with Crippen molar-refractivity contribution in [3.05, 3.63) is 131 Å². The fourth-order valence-corrected chi connectivity index (χ4v) is 8.64. The highest BCUT2D eigenvalue weighted by Gasteiger charge is 2.28. The van der Waals surface area contributed by atoms with Gasteiger partial charge in [-0.15, -0.1) is 11.3 Å². The van der Waals surface area contributed by atoms with E-state index in [2.05, 4.69) is 36.8 Å². The third kappa shape index (κ3) is 9.47. The predicted molar refractivity (Wildman–Crippen MR) is 234 cm³/mol. The smallest absolute Gasteiger partial charge is 0.345 e. The summed E-state index contributed by atoms with van der Waals surface area (Å²) in [5.41, 5.74) is 5.99. The molecule has 1 aliphatic heterocycles. The monoisotopic (exact) mass is 859 g/mol. The zero-order valence-corrected chi connectivity index (χ0v) is 35.4. The van der Waals surface area contributed by atoms with E-state index < -0.39 is 12.1 Å². The standard InChI is InChI=1S/C46H43ClFN7O5S/c1-28-25-49-16-15-34(28)43-50-17-14-33(53-43)26-59-36-7-5-4-6-31(36)24-38(46(56)57)60-44-40-39(42(61-45(40)52-27-51-44)30-8-10-32(48)11-9-30)35-12-13-37(41(47)29(35)2)58-23-22-55-20-18-54(3)19-21-55/h4-17,25,27,38H,18-24,26H2,1-3H3,(H,56,57)/t38-/m1/s1. The van der Waals surface area contributed by atoms with E-state index in [1.54, 1.807) is 48.9 Å². The number of carboxylic acids is 1. The lowest BCUT2D eigenvalue weighted by Gasteiger charge is -2.32. The number of piperazine rings is 1. The zero-order valence-electron chi connectivity index (χ0n) is 33.8. The molecule has 1 atom stereocenters. The van der Waals surface area contributed by atoms with Crippen molar-refractivity contribution >= 4 is 39.1 Å². The third-order valence-corrected chi connectivity index (χ3v) is 12.3. The lowest BCUT2D eigenvalue weighted by atomic mass is 9.96. The molecule has 12 nitrogen and oxygen atoms in total. The minimum atomic E-state index is -1.37. The number of carbonyl (C=O) groups is 1. The number of aromatic nitrogens is 5. The van der Waals surface area contributed by atoms with Gasteiger partial charge in [-0.25, -0.2) is 29.1 Å². The number of rotatable bonds is 15. The second kappa shape index (κ2) is 18.7. The van der Waals surface area contributed by atoms with Crippen LogP contribution in [0.4, 0.5) is 4.39 Å². The summed E-state index contributed by atoms with van der Waals surface area (Å²) in [7, 11) is 2.13. The number of nitrogens with zero attached hydrogens (tertiary/aromatic N) is 7. The number of para-hydroxylation sites is 1. The van der Waals surface area contributed by atoms with Gasteiger partial charge >= 0.3 is 5.97 Å². The molecule has 5 heterocycles. The van der Waals surface area contributed by atoms with Crippen LogP contribution in [0.25, 0.3) is 43.2 Å². The van der Waals surface area contributed by atoms with Crippen LogP contribution < -0.4 is 14.2 Å². The number of ether oxygens (including phenoxy) is 3. The molecule has 1 N–H and O–H groups in total. The summed E-state index contributed by atoms with van der Waals surface area (Å²) in [6.07, 6.45) is 5.07. The first-order chi connectivity index (χ1) is 29.6. The number of carboxylic acid groups (broad SMARTS) is 1. The Kier molecular flexibility index (Phi) is 12.8. The summed E-state index contributed by atoms with van der Waals surface area (Å²) in [5.74, 6) is 0.113. The molecule has 1 fully saturated rings. The fourth-order valence-electron chi connectivity index (χ4n) is 7.27. The van der Waals surface area contributed by atoms with Crippen molar-refractivity contribution in [2.45, 2.75) is 33.0 Å². The van der Waals surface area contributed by atoms with Crippen LogP contribution in [-0.4, -0.2) is 98.3 Å². The first-order valence-corrected chi connectivity index (χ1v) is 21.0. The first-order valence-electron chi connectivity index (χ1n) is 19.8. The highest BCUT2D eigenvalue weighted by molar-refractivity contribution is 7.22. The molecule has 0 spiro atoms. The highest BCUT2D eigenvalue weighted by Crippen LogP contribution is 2.49. The second-order valence-electron chi connectivity index (χ2n) is 14.8. The maximum absolute atomic E-state index is 14.2. The molecular weight excluding hydrogens is 817 g/mol. The average molecular weight is 860 g/mol. The maximum Gasteiger partial charge on any atom is 0.345 e. The molecule has 61 heavy (non-hydrogen) atoms. The molecule has 0 bridgehead atoms. The Balaban J connectivity index is 1.09. The van der Waals surface area contributed by atoms with Gasteiger partial charge in [0.2, 0.25) is 12.0 Å². The number of halogens is 2. The Morgan fingerprint density at radius 3 is 2.51 bits per heavy atom. The van der Waals surface area contributed by atoms with E-state index in [9.17, 15) is 14.3 Å². The lowest BCUT2D eigenvalue weighted by molar-refractivity contribution is -0.145. The largest absolute Gasteiger partial charge is 0.491 e. The Morgan fingerprint density at radius 1 is 0.918 bits per heavy atom. The molecule has 15 heteroatoms. The van der Waals surface area contributed by atoms with E-state index in [0.29, 0.717) is 56.0 Å². The van der Waals surface area contributed by atoms with Gasteiger partial charge in [-0.05, 0) is 85.1 Å². The van der Waals surface area contributed by atoms with Gasteiger partial charge in [-0.3, -0.25) is 9.88 Å². The van der Waals surface area contributed by atoms with Crippen molar-refractivity contribution in [2.75, 3.05) is 46.4 Å². The van der Waals surface area contributed by atoms with Gasteiger partial charge in [-0.1, -0.05) is 48.0 Å². The van der Waals surface area contributed by atoms with Crippen LogP contribution in [0.1, 0.15) is 22.4 Å². The van der Waals surface area contributed by atoms with E-state index in [0.717, 1.165) is 65.4 Å². The van der Waals surface area contributed by atoms with E-state index in [1.807, 2.05) is 44.2 Å². The number of likely N-dealkylation sites (N-methyl/N-ethyl adjacent to an activating group) is 1. The van der Waals surface area contributed by atoms with Gasteiger partial charge in [0.05, 0.1) is 16.1 Å². The normalized spacial score (nSPS) is 13.9. The molecule has 312 valence electrons. The van der Waals surface area contributed by atoms with Crippen LogP contribution in [-0.2, 0) is 17.8 Å². The van der Waals surface area contributed by atoms with Crippen LogP contribution in [0, 0.1) is 19.7 Å². The molecule has 0 radical (unpaired) electrons. The van der Waals surface area contributed by atoms with Gasteiger partial charge in [0, 0.05) is 73.7 Å². The van der Waals surface area contributed by atoms with Gasteiger partial charge in [0.15, 0.2) is 5.82 Å². The van der Waals surface area contributed by atoms with Crippen molar-refractivity contribution < 1.29 is 28.5 Å².